The van der Waals surface area contributed by atoms with Crippen LogP contribution < -0.4 is 5.32 Å². The maximum Gasteiger partial charge on any atom is 0.165 e. The van der Waals surface area contributed by atoms with Crippen molar-refractivity contribution in [3.63, 3.8) is 0 Å². The lowest BCUT2D eigenvalue weighted by molar-refractivity contribution is 0.101. The number of Topliss-reactive ketones (excluding diaryl/α,β-unsaturated/α-hetero) is 1. The predicted octanol–water partition coefficient (Wildman–Crippen LogP) is 3.52. The largest absolute Gasteiger partial charge is 0.363 e. The molecular formula is C16H18FN3O. The van der Waals surface area contributed by atoms with Gasteiger partial charge in [0, 0.05) is 5.56 Å². The van der Waals surface area contributed by atoms with Crippen LogP contribution in [0.4, 0.5) is 10.2 Å². The Morgan fingerprint density at radius 1 is 1.43 bits per heavy atom. The second-order valence-electron chi connectivity index (χ2n) is 6.11. The fraction of sp³-hybridized carbons (Fsp3) is 0.375. The molecule has 2 aromatic rings. The van der Waals surface area contributed by atoms with Gasteiger partial charge in [-0.1, -0.05) is 18.2 Å². The topological polar surface area (TPSA) is 46.9 Å². The Bertz CT molecular complexity index is 705. The zero-order valence-electron chi connectivity index (χ0n) is 12.4. The van der Waals surface area contributed by atoms with Crippen molar-refractivity contribution >= 4 is 11.6 Å². The van der Waals surface area contributed by atoms with Gasteiger partial charge in [0.15, 0.2) is 5.78 Å². The number of aromatic nitrogens is 2. The molecule has 110 valence electrons. The van der Waals surface area contributed by atoms with Gasteiger partial charge in [0.2, 0.25) is 0 Å². The van der Waals surface area contributed by atoms with Crippen LogP contribution in [0.2, 0.25) is 0 Å². The van der Waals surface area contributed by atoms with Crippen molar-refractivity contribution in [1.82, 2.24) is 9.78 Å². The van der Waals surface area contributed by atoms with Crippen molar-refractivity contribution in [2.24, 2.45) is 0 Å². The third-order valence-electron chi connectivity index (χ3n) is 4.02. The Kier molecular flexibility index (Phi) is 3.08. The highest BCUT2D eigenvalue weighted by Gasteiger charge is 2.36. The molecule has 1 aromatic heterocycles. The van der Waals surface area contributed by atoms with E-state index in [1.54, 1.807) is 18.3 Å². The van der Waals surface area contributed by atoms with Crippen LogP contribution >= 0.6 is 0 Å². The fourth-order valence-electron chi connectivity index (χ4n) is 2.95. The van der Waals surface area contributed by atoms with Crippen LogP contribution in [-0.2, 0) is 5.54 Å². The molecule has 0 aliphatic carbocycles. The van der Waals surface area contributed by atoms with Gasteiger partial charge in [0.25, 0.3) is 0 Å². The summed E-state index contributed by atoms with van der Waals surface area (Å²) in [5, 5.41) is 7.60. The summed E-state index contributed by atoms with van der Waals surface area (Å²) in [5.41, 5.74) is 0.873. The minimum atomic E-state index is -0.290. The molecule has 21 heavy (non-hydrogen) atoms. The first-order valence-electron chi connectivity index (χ1n) is 7.00. The lowest BCUT2D eigenvalue weighted by Crippen LogP contribution is -2.38. The molecule has 1 N–H and O–H groups in total. The number of benzene rings is 1. The average Bonchev–Trinajstić information content (AvgIpc) is 2.83. The van der Waals surface area contributed by atoms with E-state index in [2.05, 4.69) is 10.4 Å². The van der Waals surface area contributed by atoms with E-state index in [1.807, 2.05) is 24.6 Å². The quantitative estimate of drug-likeness (QED) is 0.860. The standard InChI is InChI=1S/C16H18FN3O/c1-10(21)12-9-18-20-15(12)19-14(8-16(20,2)3)11-6-4-5-7-13(11)17/h4-7,9,14,19H,8H2,1-3H3. The van der Waals surface area contributed by atoms with Crippen molar-refractivity contribution in [3.05, 3.63) is 47.4 Å². The summed E-state index contributed by atoms with van der Waals surface area (Å²) in [7, 11) is 0. The minimum absolute atomic E-state index is 0.0475. The van der Waals surface area contributed by atoms with E-state index in [-0.39, 0.29) is 23.2 Å². The van der Waals surface area contributed by atoms with Gasteiger partial charge in [-0.25, -0.2) is 9.07 Å². The van der Waals surface area contributed by atoms with Crippen molar-refractivity contribution in [1.29, 1.82) is 0 Å². The van der Waals surface area contributed by atoms with Crippen LogP contribution in [0.1, 0.15) is 49.2 Å². The number of ketones is 1. The summed E-state index contributed by atoms with van der Waals surface area (Å²) in [6.45, 7) is 5.60. The molecule has 3 rings (SSSR count). The SMILES string of the molecule is CC(=O)c1cnn2c1NC(c1ccccc1F)CC2(C)C. The van der Waals surface area contributed by atoms with Crippen molar-refractivity contribution in [3.8, 4) is 0 Å². The number of hydrogen-bond donors (Lipinski definition) is 1. The van der Waals surface area contributed by atoms with Crippen LogP contribution in [0.5, 0.6) is 0 Å². The number of anilines is 1. The fourth-order valence-corrected chi connectivity index (χ4v) is 2.95. The van der Waals surface area contributed by atoms with Gasteiger partial charge in [0.05, 0.1) is 23.3 Å². The average molecular weight is 287 g/mol. The van der Waals surface area contributed by atoms with Gasteiger partial charge in [-0.15, -0.1) is 0 Å². The zero-order valence-corrected chi connectivity index (χ0v) is 12.4. The molecule has 0 bridgehead atoms. The lowest BCUT2D eigenvalue weighted by Gasteiger charge is -2.38. The second-order valence-corrected chi connectivity index (χ2v) is 6.11. The molecule has 1 aromatic carbocycles. The van der Waals surface area contributed by atoms with Crippen LogP contribution in [0.3, 0.4) is 0 Å². The molecule has 2 heterocycles. The Balaban J connectivity index is 2.08. The predicted molar refractivity (Wildman–Crippen MR) is 78.9 cm³/mol. The molecular weight excluding hydrogens is 269 g/mol. The molecule has 0 fully saturated rings. The molecule has 1 aliphatic heterocycles. The van der Waals surface area contributed by atoms with E-state index in [9.17, 15) is 9.18 Å². The monoisotopic (exact) mass is 287 g/mol. The van der Waals surface area contributed by atoms with Gasteiger partial charge >= 0.3 is 0 Å². The number of nitrogens with zero attached hydrogens (tertiary/aromatic N) is 2. The lowest BCUT2D eigenvalue weighted by atomic mass is 9.88. The first-order chi connectivity index (χ1) is 9.90. The van der Waals surface area contributed by atoms with Crippen LogP contribution in [0, 0.1) is 5.82 Å². The third-order valence-corrected chi connectivity index (χ3v) is 4.02. The number of halogens is 1. The van der Waals surface area contributed by atoms with E-state index < -0.39 is 0 Å². The first kappa shape index (κ1) is 13.8. The highest BCUT2D eigenvalue weighted by atomic mass is 19.1. The molecule has 0 saturated carbocycles. The Labute approximate surface area is 123 Å². The van der Waals surface area contributed by atoms with Gasteiger partial charge in [0.1, 0.15) is 11.6 Å². The second kappa shape index (κ2) is 4.69. The molecule has 5 heteroatoms. The molecule has 1 atom stereocenters. The van der Waals surface area contributed by atoms with E-state index >= 15 is 0 Å². The molecule has 0 saturated heterocycles. The van der Waals surface area contributed by atoms with Crippen LogP contribution in [-0.4, -0.2) is 15.6 Å². The zero-order chi connectivity index (χ0) is 15.2. The number of hydrogen-bond acceptors (Lipinski definition) is 3. The van der Waals surface area contributed by atoms with Crippen LogP contribution in [0.15, 0.2) is 30.5 Å². The van der Waals surface area contributed by atoms with Gasteiger partial charge in [-0.3, -0.25) is 4.79 Å². The van der Waals surface area contributed by atoms with Gasteiger partial charge in [-0.05, 0) is 33.3 Å². The summed E-state index contributed by atoms with van der Waals surface area (Å²) in [6.07, 6.45) is 2.27. The highest BCUT2D eigenvalue weighted by molar-refractivity contribution is 5.98. The summed E-state index contributed by atoms with van der Waals surface area (Å²) >= 11 is 0. The number of rotatable bonds is 2. The molecule has 1 aliphatic rings. The van der Waals surface area contributed by atoms with E-state index in [1.165, 1.54) is 13.0 Å². The highest BCUT2D eigenvalue weighted by Crippen LogP contribution is 2.40. The summed E-state index contributed by atoms with van der Waals surface area (Å²) in [6, 6.07) is 6.57. The maximum absolute atomic E-state index is 14.1. The number of carbonyl (C=O) groups is 1. The Morgan fingerprint density at radius 2 is 2.14 bits per heavy atom. The molecule has 0 amide bonds. The Morgan fingerprint density at radius 3 is 2.81 bits per heavy atom. The summed E-state index contributed by atoms with van der Waals surface area (Å²) < 4.78 is 15.9. The van der Waals surface area contributed by atoms with Crippen molar-refractivity contribution in [2.45, 2.75) is 38.8 Å². The summed E-state index contributed by atoms with van der Waals surface area (Å²) in [4.78, 5) is 11.7. The summed E-state index contributed by atoms with van der Waals surface area (Å²) in [5.74, 6) is 0.392. The van der Waals surface area contributed by atoms with Gasteiger partial charge in [-0.2, -0.15) is 5.10 Å². The smallest absolute Gasteiger partial charge is 0.165 e. The number of carbonyl (C=O) groups excluding carboxylic acids is 1. The van der Waals surface area contributed by atoms with E-state index in [0.29, 0.717) is 23.4 Å². The maximum atomic E-state index is 14.1. The number of fused-ring (bicyclic) bond motifs is 1. The van der Waals surface area contributed by atoms with Crippen molar-refractivity contribution in [2.75, 3.05) is 5.32 Å². The first-order valence-corrected chi connectivity index (χ1v) is 7.00. The number of nitrogens with one attached hydrogen (secondary N) is 1. The van der Waals surface area contributed by atoms with E-state index in [0.717, 1.165) is 0 Å². The molecule has 1 unspecified atom stereocenters. The molecule has 0 radical (unpaired) electrons. The normalized spacial score (nSPS) is 19.7. The Hall–Kier alpha value is -2.17. The molecule has 4 nitrogen and oxygen atoms in total. The molecule has 0 spiro atoms. The van der Waals surface area contributed by atoms with Crippen LogP contribution in [0.25, 0.3) is 0 Å². The van der Waals surface area contributed by atoms with Crippen molar-refractivity contribution < 1.29 is 9.18 Å². The van der Waals surface area contributed by atoms with E-state index in [4.69, 9.17) is 0 Å². The minimum Gasteiger partial charge on any atom is -0.363 e. The third kappa shape index (κ3) is 2.22. The van der Waals surface area contributed by atoms with Gasteiger partial charge < -0.3 is 5.32 Å².